The van der Waals surface area contributed by atoms with Gasteiger partial charge in [0, 0.05) is 36.1 Å². The molecule has 2 aromatic heterocycles. The van der Waals surface area contributed by atoms with E-state index in [1.165, 1.54) is 0 Å². The van der Waals surface area contributed by atoms with Gasteiger partial charge in [-0.3, -0.25) is 4.79 Å². The van der Waals surface area contributed by atoms with Crippen LogP contribution in [0.3, 0.4) is 0 Å². The van der Waals surface area contributed by atoms with Crippen LogP contribution in [0.5, 0.6) is 5.75 Å². The van der Waals surface area contributed by atoms with E-state index in [-0.39, 0.29) is 5.91 Å². The largest absolute Gasteiger partial charge is 0.491 e. The van der Waals surface area contributed by atoms with Crippen LogP contribution in [0.25, 0.3) is 5.65 Å². The normalized spacial score (nSPS) is 10.8. The van der Waals surface area contributed by atoms with Gasteiger partial charge < -0.3 is 15.8 Å². The van der Waals surface area contributed by atoms with Gasteiger partial charge in [-0.1, -0.05) is 11.6 Å². The zero-order valence-electron chi connectivity index (χ0n) is 12.8. The van der Waals surface area contributed by atoms with Crippen molar-refractivity contribution in [2.24, 2.45) is 5.73 Å². The van der Waals surface area contributed by atoms with E-state index in [0.29, 0.717) is 41.7 Å². The first-order valence-corrected chi connectivity index (χ1v) is 7.74. The molecule has 2 heterocycles. The minimum Gasteiger partial charge on any atom is -0.491 e. The van der Waals surface area contributed by atoms with E-state index in [1.807, 2.05) is 0 Å². The molecule has 0 atom stereocenters. The summed E-state index contributed by atoms with van der Waals surface area (Å²) in [4.78, 5) is 16.7. The molecule has 1 amide bonds. The average molecular weight is 346 g/mol. The zero-order chi connectivity index (χ0) is 16.9. The quantitative estimate of drug-likeness (QED) is 0.708. The topological polar surface area (TPSA) is 94.5 Å². The second-order valence-corrected chi connectivity index (χ2v) is 5.45. The Hall–Kier alpha value is -2.64. The van der Waals surface area contributed by atoms with Crippen LogP contribution in [0, 0.1) is 0 Å². The molecule has 0 unspecified atom stereocenters. The summed E-state index contributed by atoms with van der Waals surface area (Å²) in [6.45, 7) is 0.972. The molecule has 0 aliphatic heterocycles. The Morgan fingerprint density at radius 1 is 1.42 bits per heavy atom. The van der Waals surface area contributed by atoms with Crippen LogP contribution in [0.4, 0.5) is 0 Å². The number of hydrogen-bond donors (Lipinski definition) is 2. The van der Waals surface area contributed by atoms with E-state index in [4.69, 9.17) is 22.1 Å². The van der Waals surface area contributed by atoms with Gasteiger partial charge in [0.05, 0.1) is 11.8 Å². The fourth-order valence-electron chi connectivity index (χ4n) is 2.25. The fourth-order valence-corrected chi connectivity index (χ4v) is 2.42. The predicted molar refractivity (Wildman–Crippen MR) is 90.2 cm³/mol. The molecule has 0 aliphatic rings. The first kappa shape index (κ1) is 16.2. The molecule has 0 bridgehead atoms. The molecule has 0 fully saturated rings. The highest BCUT2D eigenvalue weighted by molar-refractivity contribution is 6.31. The summed E-state index contributed by atoms with van der Waals surface area (Å²) in [5, 5.41) is 7.48. The highest BCUT2D eigenvalue weighted by atomic mass is 35.5. The van der Waals surface area contributed by atoms with E-state index in [1.54, 1.807) is 47.4 Å². The van der Waals surface area contributed by atoms with Gasteiger partial charge in [0.25, 0.3) is 5.91 Å². The lowest BCUT2D eigenvalue weighted by molar-refractivity contribution is 0.0947. The number of halogens is 1. The molecule has 0 aliphatic carbocycles. The Bertz CT molecular complexity index is 865. The van der Waals surface area contributed by atoms with E-state index in [0.717, 1.165) is 5.56 Å². The van der Waals surface area contributed by atoms with Gasteiger partial charge >= 0.3 is 0 Å². The number of rotatable bonds is 6. The van der Waals surface area contributed by atoms with E-state index < -0.39 is 0 Å². The molecular formula is C16H16ClN5O2. The van der Waals surface area contributed by atoms with Crippen molar-refractivity contribution < 1.29 is 9.53 Å². The van der Waals surface area contributed by atoms with Crippen molar-refractivity contribution in [3.8, 4) is 5.75 Å². The lowest BCUT2D eigenvalue weighted by atomic mass is 10.2. The van der Waals surface area contributed by atoms with Crippen molar-refractivity contribution in [1.29, 1.82) is 0 Å². The molecule has 8 heteroatoms. The molecule has 124 valence electrons. The average Bonchev–Trinajstić information content (AvgIpc) is 3.02. The Labute approximate surface area is 143 Å². The van der Waals surface area contributed by atoms with Crippen molar-refractivity contribution in [3.05, 3.63) is 59.0 Å². The van der Waals surface area contributed by atoms with Gasteiger partial charge in [-0.15, -0.1) is 0 Å². The number of carbonyl (C=O) groups excluding carboxylic acids is 1. The summed E-state index contributed by atoms with van der Waals surface area (Å²) in [5.74, 6) is 0.153. The maximum atomic E-state index is 12.5. The fraction of sp³-hybridized carbons (Fsp3) is 0.188. The Kier molecular flexibility index (Phi) is 4.93. The first-order chi connectivity index (χ1) is 11.7. The Balaban J connectivity index is 1.76. The highest BCUT2D eigenvalue weighted by Crippen LogP contribution is 2.23. The maximum absolute atomic E-state index is 12.5. The number of nitrogens with one attached hydrogen (secondary N) is 1. The molecule has 0 saturated heterocycles. The van der Waals surface area contributed by atoms with Crippen molar-refractivity contribution in [3.63, 3.8) is 0 Å². The van der Waals surface area contributed by atoms with Crippen molar-refractivity contribution >= 4 is 23.2 Å². The summed E-state index contributed by atoms with van der Waals surface area (Å²) in [5.41, 5.74) is 7.31. The molecule has 24 heavy (non-hydrogen) atoms. The summed E-state index contributed by atoms with van der Waals surface area (Å²) in [7, 11) is 0. The minimum absolute atomic E-state index is 0.292. The standard InChI is InChI=1S/C16H16ClN5O2/c17-12-2-3-14(24-7-4-18)13(8-12)16(23)20-9-11-10-21-22-6-1-5-19-15(11)22/h1-3,5-6,8,10H,4,7,9,18H2,(H,20,23). The molecule has 0 saturated carbocycles. The summed E-state index contributed by atoms with van der Waals surface area (Å²) < 4.78 is 7.15. The number of amides is 1. The van der Waals surface area contributed by atoms with E-state index >= 15 is 0 Å². The number of carbonyl (C=O) groups is 1. The number of aromatic nitrogens is 3. The molecule has 7 nitrogen and oxygen atoms in total. The Morgan fingerprint density at radius 3 is 3.12 bits per heavy atom. The molecule has 1 aromatic carbocycles. The number of fused-ring (bicyclic) bond motifs is 1. The van der Waals surface area contributed by atoms with Gasteiger partial charge in [0.15, 0.2) is 5.65 Å². The van der Waals surface area contributed by atoms with Gasteiger partial charge in [-0.25, -0.2) is 9.50 Å². The number of hydrogen-bond acceptors (Lipinski definition) is 5. The summed E-state index contributed by atoms with van der Waals surface area (Å²) in [6, 6.07) is 6.68. The van der Waals surface area contributed by atoms with Crippen molar-refractivity contribution in [2.45, 2.75) is 6.54 Å². The predicted octanol–water partition coefficient (Wildman–Crippen LogP) is 1.65. The number of benzene rings is 1. The third kappa shape index (κ3) is 3.47. The lowest BCUT2D eigenvalue weighted by Crippen LogP contribution is -2.24. The van der Waals surface area contributed by atoms with Crippen LogP contribution in [-0.2, 0) is 6.54 Å². The monoisotopic (exact) mass is 345 g/mol. The van der Waals surface area contributed by atoms with Gasteiger partial charge in [-0.2, -0.15) is 5.10 Å². The lowest BCUT2D eigenvalue weighted by Gasteiger charge is -2.11. The van der Waals surface area contributed by atoms with Crippen LogP contribution < -0.4 is 15.8 Å². The highest BCUT2D eigenvalue weighted by Gasteiger charge is 2.14. The van der Waals surface area contributed by atoms with Crippen LogP contribution in [0.15, 0.2) is 42.9 Å². The number of ether oxygens (including phenoxy) is 1. The Morgan fingerprint density at radius 2 is 2.29 bits per heavy atom. The second kappa shape index (κ2) is 7.29. The third-order valence-electron chi connectivity index (χ3n) is 3.35. The molecule has 3 aromatic rings. The van der Waals surface area contributed by atoms with Gasteiger partial charge in [-0.05, 0) is 24.3 Å². The molecule has 0 spiro atoms. The first-order valence-electron chi connectivity index (χ1n) is 7.37. The molecule has 3 rings (SSSR count). The zero-order valence-corrected chi connectivity index (χ0v) is 13.5. The van der Waals surface area contributed by atoms with Crippen molar-refractivity contribution in [1.82, 2.24) is 19.9 Å². The van der Waals surface area contributed by atoms with E-state index in [2.05, 4.69) is 15.4 Å². The third-order valence-corrected chi connectivity index (χ3v) is 3.59. The van der Waals surface area contributed by atoms with Crippen LogP contribution in [0.2, 0.25) is 5.02 Å². The number of nitrogens with two attached hydrogens (primary N) is 1. The van der Waals surface area contributed by atoms with Crippen LogP contribution >= 0.6 is 11.6 Å². The molecule has 0 radical (unpaired) electrons. The second-order valence-electron chi connectivity index (χ2n) is 5.02. The van der Waals surface area contributed by atoms with Gasteiger partial charge in [0.2, 0.25) is 0 Å². The maximum Gasteiger partial charge on any atom is 0.255 e. The SMILES string of the molecule is NCCOc1ccc(Cl)cc1C(=O)NCc1cnn2cccnc12. The number of nitrogens with zero attached hydrogens (tertiary/aromatic N) is 3. The minimum atomic E-state index is -0.292. The smallest absolute Gasteiger partial charge is 0.255 e. The van der Waals surface area contributed by atoms with Crippen LogP contribution in [0.1, 0.15) is 15.9 Å². The van der Waals surface area contributed by atoms with Crippen LogP contribution in [-0.4, -0.2) is 33.7 Å². The van der Waals surface area contributed by atoms with E-state index in [9.17, 15) is 4.79 Å². The van der Waals surface area contributed by atoms with Gasteiger partial charge in [0.1, 0.15) is 12.4 Å². The molecular weight excluding hydrogens is 330 g/mol. The molecule has 3 N–H and O–H groups in total. The summed E-state index contributed by atoms with van der Waals surface area (Å²) >= 11 is 5.99. The summed E-state index contributed by atoms with van der Waals surface area (Å²) in [6.07, 6.45) is 5.15. The van der Waals surface area contributed by atoms with Crippen molar-refractivity contribution in [2.75, 3.05) is 13.2 Å².